The number of nitrogens with two attached hydrogens (primary N) is 2. The lowest BCUT2D eigenvalue weighted by Crippen LogP contribution is -2.58. The van der Waals surface area contributed by atoms with E-state index in [1.54, 1.807) is 0 Å². The lowest BCUT2D eigenvalue weighted by molar-refractivity contribution is -0.119. The van der Waals surface area contributed by atoms with Crippen LogP contribution in [0.2, 0.25) is 0 Å². The zero-order valence-corrected chi connectivity index (χ0v) is 9.62. The molecule has 1 unspecified atom stereocenters. The third-order valence-electron chi connectivity index (χ3n) is 3.42. The highest BCUT2D eigenvalue weighted by molar-refractivity contribution is 5.79. The number of nitrogens with one attached hydrogen (secondary N) is 1. The van der Waals surface area contributed by atoms with Crippen molar-refractivity contribution in [1.29, 1.82) is 0 Å². The number of primary amides is 1. The van der Waals surface area contributed by atoms with Gasteiger partial charge in [-0.25, -0.2) is 0 Å². The predicted octanol–water partition coefficient (Wildman–Crippen LogP) is -1.13. The van der Waals surface area contributed by atoms with E-state index < -0.39 is 11.9 Å². The lowest BCUT2D eigenvalue weighted by Gasteiger charge is -2.47. The molecule has 1 rings (SSSR count). The number of carbonyl (C=O) groups is 1. The molecule has 5 heteroatoms. The molecule has 0 aliphatic heterocycles. The molecule has 5 N–H and O–H groups in total. The molecule has 1 amide bonds. The van der Waals surface area contributed by atoms with E-state index in [1.165, 1.54) is 19.3 Å². The van der Waals surface area contributed by atoms with Crippen molar-refractivity contribution in [2.45, 2.75) is 30.8 Å². The Morgan fingerprint density at radius 3 is 2.47 bits per heavy atom. The van der Waals surface area contributed by atoms with E-state index in [0.717, 1.165) is 6.54 Å². The molecule has 1 atom stereocenters. The second-order valence-corrected chi connectivity index (χ2v) is 4.61. The molecule has 0 spiro atoms. The van der Waals surface area contributed by atoms with Crippen LogP contribution in [-0.4, -0.2) is 49.6 Å². The van der Waals surface area contributed by atoms with E-state index in [2.05, 4.69) is 24.3 Å². The van der Waals surface area contributed by atoms with Crippen molar-refractivity contribution in [2.75, 3.05) is 27.2 Å². The van der Waals surface area contributed by atoms with Crippen molar-refractivity contribution >= 4 is 5.91 Å². The van der Waals surface area contributed by atoms with Crippen LogP contribution in [0.5, 0.6) is 0 Å². The standard InChI is InChI=1S/C10H22N4O/c1-14(2)10(4-3-5-10)7-13-6-8(11)9(12)15/h8,13H,3-7,11H2,1-2H3,(H2,12,15). The van der Waals surface area contributed by atoms with Crippen molar-refractivity contribution in [2.24, 2.45) is 11.5 Å². The van der Waals surface area contributed by atoms with Gasteiger partial charge in [-0.3, -0.25) is 4.79 Å². The number of amides is 1. The summed E-state index contributed by atoms with van der Waals surface area (Å²) in [6, 6.07) is -0.579. The van der Waals surface area contributed by atoms with Crippen molar-refractivity contribution in [3.8, 4) is 0 Å². The molecular formula is C10H22N4O. The van der Waals surface area contributed by atoms with Crippen LogP contribution in [0.15, 0.2) is 0 Å². The molecule has 0 heterocycles. The SMILES string of the molecule is CN(C)C1(CNCC(N)C(N)=O)CCC1. The maximum atomic E-state index is 10.7. The Hall–Kier alpha value is -0.650. The van der Waals surface area contributed by atoms with Crippen LogP contribution in [0, 0.1) is 0 Å². The van der Waals surface area contributed by atoms with Gasteiger partial charge in [0.15, 0.2) is 0 Å². The van der Waals surface area contributed by atoms with Gasteiger partial charge in [0.25, 0.3) is 0 Å². The molecule has 1 aliphatic rings. The van der Waals surface area contributed by atoms with Crippen LogP contribution in [0.3, 0.4) is 0 Å². The summed E-state index contributed by atoms with van der Waals surface area (Å²) in [6.45, 7) is 1.34. The molecule has 1 fully saturated rings. The minimum absolute atomic E-state index is 0.261. The molecule has 0 aromatic heterocycles. The Kier molecular flexibility index (Phi) is 4.07. The Morgan fingerprint density at radius 2 is 2.13 bits per heavy atom. The van der Waals surface area contributed by atoms with E-state index in [0.29, 0.717) is 6.54 Å². The topological polar surface area (TPSA) is 84.4 Å². The first kappa shape index (κ1) is 12.4. The van der Waals surface area contributed by atoms with Crippen LogP contribution in [0.25, 0.3) is 0 Å². The maximum absolute atomic E-state index is 10.7. The van der Waals surface area contributed by atoms with Gasteiger partial charge in [0, 0.05) is 18.6 Å². The zero-order valence-electron chi connectivity index (χ0n) is 9.62. The number of rotatable bonds is 6. The van der Waals surface area contributed by atoms with Crippen molar-refractivity contribution in [3.63, 3.8) is 0 Å². The number of carbonyl (C=O) groups excluding carboxylic acids is 1. The smallest absolute Gasteiger partial charge is 0.235 e. The Morgan fingerprint density at radius 1 is 1.53 bits per heavy atom. The zero-order chi connectivity index (χ0) is 11.5. The minimum atomic E-state index is -0.579. The van der Waals surface area contributed by atoms with Crippen molar-refractivity contribution in [1.82, 2.24) is 10.2 Å². The highest BCUT2D eigenvalue weighted by Crippen LogP contribution is 2.35. The summed E-state index contributed by atoms with van der Waals surface area (Å²) in [5.74, 6) is -0.449. The first-order chi connectivity index (χ1) is 6.98. The average molecular weight is 214 g/mol. The summed E-state index contributed by atoms with van der Waals surface area (Å²) in [5.41, 5.74) is 10.9. The number of likely N-dealkylation sites (N-methyl/N-ethyl adjacent to an activating group) is 1. The van der Waals surface area contributed by atoms with Crippen LogP contribution < -0.4 is 16.8 Å². The van der Waals surface area contributed by atoms with E-state index in [1.807, 2.05) is 0 Å². The van der Waals surface area contributed by atoms with Gasteiger partial charge in [-0.1, -0.05) is 0 Å². The quantitative estimate of drug-likeness (QED) is 0.522. The molecule has 1 saturated carbocycles. The number of hydrogen-bond acceptors (Lipinski definition) is 4. The molecule has 0 radical (unpaired) electrons. The van der Waals surface area contributed by atoms with Crippen LogP contribution in [0.4, 0.5) is 0 Å². The molecular weight excluding hydrogens is 192 g/mol. The van der Waals surface area contributed by atoms with Gasteiger partial charge in [0.05, 0.1) is 6.04 Å². The lowest BCUT2D eigenvalue weighted by atomic mass is 9.75. The average Bonchev–Trinajstić information content (AvgIpc) is 2.08. The van der Waals surface area contributed by atoms with Gasteiger partial charge >= 0.3 is 0 Å². The van der Waals surface area contributed by atoms with Gasteiger partial charge < -0.3 is 21.7 Å². The first-order valence-electron chi connectivity index (χ1n) is 5.41. The summed E-state index contributed by atoms with van der Waals surface area (Å²) in [6.07, 6.45) is 3.69. The van der Waals surface area contributed by atoms with Crippen molar-refractivity contribution < 1.29 is 4.79 Å². The summed E-state index contributed by atoms with van der Waals surface area (Å²) in [5, 5.41) is 3.22. The molecule has 0 bridgehead atoms. The highest BCUT2D eigenvalue weighted by Gasteiger charge is 2.38. The monoisotopic (exact) mass is 214 g/mol. The highest BCUT2D eigenvalue weighted by atomic mass is 16.1. The molecule has 5 nitrogen and oxygen atoms in total. The molecule has 1 aliphatic carbocycles. The van der Waals surface area contributed by atoms with Gasteiger partial charge in [0.2, 0.25) is 5.91 Å². The van der Waals surface area contributed by atoms with Crippen LogP contribution >= 0.6 is 0 Å². The molecule has 0 aromatic carbocycles. The molecule has 15 heavy (non-hydrogen) atoms. The Labute approximate surface area is 91.2 Å². The van der Waals surface area contributed by atoms with E-state index in [-0.39, 0.29) is 5.54 Å². The Bertz CT molecular complexity index is 225. The van der Waals surface area contributed by atoms with E-state index >= 15 is 0 Å². The fourth-order valence-electron chi connectivity index (χ4n) is 1.93. The van der Waals surface area contributed by atoms with Crippen LogP contribution in [0.1, 0.15) is 19.3 Å². The van der Waals surface area contributed by atoms with Gasteiger partial charge in [-0.2, -0.15) is 0 Å². The third-order valence-corrected chi connectivity index (χ3v) is 3.42. The second kappa shape index (κ2) is 4.92. The fraction of sp³-hybridized carbons (Fsp3) is 0.900. The van der Waals surface area contributed by atoms with Gasteiger partial charge in [-0.15, -0.1) is 0 Å². The normalized spacial score (nSPS) is 21.1. The Balaban J connectivity index is 2.27. The van der Waals surface area contributed by atoms with E-state index in [4.69, 9.17) is 11.5 Å². The van der Waals surface area contributed by atoms with Crippen molar-refractivity contribution in [3.05, 3.63) is 0 Å². The number of nitrogens with zero attached hydrogens (tertiary/aromatic N) is 1. The fourth-order valence-corrected chi connectivity index (χ4v) is 1.93. The molecule has 0 saturated heterocycles. The summed E-state index contributed by atoms with van der Waals surface area (Å²) in [4.78, 5) is 13.0. The molecule has 0 aromatic rings. The maximum Gasteiger partial charge on any atom is 0.235 e. The number of hydrogen-bond donors (Lipinski definition) is 3. The second-order valence-electron chi connectivity index (χ2n) is 4.61. The largest absolute Gasteiger partial charge is 0.368 e. The van der Waals surface area contributed by atoms with Crippen LogP contribution in [-0.2, 0) is 4.79 Å². The summed E-state index contributed by atoms with van der Waals surface area (Å²) in [7, 11) is 4.18. The minimum Gasteiger partial charge on any atom is -0.368 e. The van der Waals surface area contributed by atoms with E-state index in [9.17, 15) is 4.79 Å². The first-order valence-corrected chi connectivity index (χ1v) is 5.41. The predicted molar refractivity (Wildman–Crippen MR) is 60.3 cm³/mol. The molecule has 88 valence electrons. The summed E-state index contributed by atoms with van der Waals surface area (Å²) >= 11 is 0. The van der Waals surface area contributed by atoms with Gasteiger partial charge in [-0.05, 0) is 33.4 Å². The van der Waals surface area contributed by atoms with Gasteiger partial charge in [0.1, 0.15) is 0 Å². The summed E-state index contributed by atoms with van der Waals surface area (Å²) < 4.78 is 0. The third kappa shape index (κ3) is 2.90.